The van der Waals surface area contributed by atoms with E-state index < -0.39 is 0 Å². The second-order valence-electron chi connectivity index (χ2n) is 4.63. The van der Waals surface area contributed by atoms with E-state index in [0.717, 1.165) is 30.8 Å². The summed E-state index contributed by atoms with van der Waals surface area (Å²) in [6.45, 7) is 5.31. The molecule has 1 aromatic rings. The first-order chi connectivity index (χ1) is 9.10. The first kappa shape index (κ1) is 18.6. The zero-order valence-electron chi connectivity index (χ0n) is 12.7. The molecule has 0 spiro atoms. The van der Waals surface area contributed by atoms with Gasteiger partial charge in [0.25, 0.3) is 0 Å². The highest BCUT2D eigenvalue weighted by Gasteiger charge is 2.14. The first-order valence-electron chi connectivity index (χ1n) is 6.82. The Labute approximate surface area is 127 Å². The van der Waals surface area contributed by atoms with Gasteiger partial charge in [-0.15, -0.1) is 12.4 Å². The van der Waals surface area contributed by atoms with Crippen LogP contribution in [0, 0.1) is 0 Å². The second-order valence-corrected chi connectivity index (χ2v) is 4.63. The summed E-state index contributed by atoms with van der Waals surface area (Å²) >= 11 is 0. The van der Waals surface area contributed by atoms with Crippen LogP contribution >= 0.6 is 12.4 Å². The number of ether oxygens (including phenoxy) is 1. The highest BCUT2D eigenvalue weighted by molar-refractivity contribution is 5.96. The predicted octanol–water partition coefficient (Wildman–Crippen LogP) is 3.56. The number of carbonyl (C=O) groups is 1. The van der Waals surface area contributed by atoms with Gasteiger partial charge in [-0.25, -0.2) is 4.79 Å². The third-order valence-electron chi connectivity index (χ3n) is 2.83. The number of esters is 1. The van der Waals surface area contributed by atoms with Gasteiger partial charge in [-0.2, -0.15) is 0 Å². The van der Waals surface area contributed by atoms with E-state index in [1.807, 2.05) is 44.1 Å². The molecule has 0 aliphatic carbocycles. The summed E-state index contributed by atoms with van der Waals surface area (Å²) in [6.07, 6.45) is 2.30. The molecule has 1 aromatic carbocycles. The minimum Gasteiger partial charge on any atom is -0.462 e. The van der Waals surface area contributed by atoms with Crippen molar-refractivity contribution in [3.8, 4) is 0 Å². The molecule has 0 atom stereocenters. The molecule has 0 amide bonds. The van der Waals surface area contributed by atoms with Gasteiger partial charge in [0, 0.05) is 26.3 Å². The van der Waals surface area contributed by atoms with E-state index in [1.54, 1.807) is 0 Å². The minimum absolute atomic E-state index is 0. The van der Waals surface area contributed by atoms with E-state index in [0.29, 0.717) is 12.2 Å². The number of nitrogens with one attached hydrogen (secondary N) is 1. The third-order valence-corrected chi connectivity index (χ3v) is 2.83. The SMILES string of the molecule is CCCCNc1ccc(C(=O)OCC)c(N(C)C)c1.Cl. The van der Waals surface area contributed by atoms with Gasteiger partial charge >= 0.3 is 5.97 Å². The molecule has 20 heavy (non-hydrogen) atoms. The Morgan fingerprint density at radius 3 is 2.55 bits per heavy atom. The number of halogens is 1. The number of rotatable bonds is 7. The molecule has 0 aliphatic rings. The average Bonchev–Trinajstić information content (AvgIpc) is 2.39. The van der Waals surface area contributed by atoms with Crippen molar-refractivity contribution >= 4 is 29.8 Å². The molecule has 5 heteroatoms. The van der Waals surface area contributed by atoms with Crippen LogP contribution in [0.1, 0.15) is 37.0 Å². The number of hydrogen-bond donors (Lipinski definition) is 1. The predicted molar refractivity (Wildman–Crippen MR) is 87.4 cm³/mol. The van der Waals surface area contributed by atoms with Crippen molar-refractivity contribution in [1.82, 2.24) is 0 Å². The highest BCUT2D eigenvalue weighted by Crippen LogP contribution is 2.24. The molecule has 0 saturated carbocycles. The van der Waals surface area contributed by atoms with E-state index in [1.165, 1.54) is 0 Å². The number of anilines is 2. The van der Waals surface area contributed by atoms with Crippen molar-refractivity contribution in [2.45, 2.75) is 26.7 Å². The minimum atomic E-state index is -0.272. The van der Waals surface area contributed by atoms with Crippen LogP contribution in [0.5, 0.6) is 0 Å². The molecule has 0 aromatic heterocycles. The highest BCUT2D eigenvalue weighted by atomic mass is 35.5. The van der Waals surface area contributed by atoms with Gasteiger partial charge in [0.05, 0.1) is 17.9 Å². The summed E-state index contributed by atoms with van der Waals surface area (Å²) in [4.78, 5) is 13.8. The summed E-state index contributed by atoms with van der Waals surface area (Å²) in [5, 5.41) is 3.36. The fourth-order valence-electron chi connectivity index (χ4n) is 1.80. The van der Waals surface area contributed by atoms with Crippen molar-refractivity contribution in [3.63, 3.8) is 0 Å². The van der Waals surface area contributed by atoms with E-state index in [4.69, 9.17) is 4.74 Å². The molecule has 0 fully saturated rings. The lowest BCUT2D eigenvalue weighted by Gasteiger charge is -2.18. The van der Waals surface area contributed by atoms with E-state index in [2.05, 4.69) is 12.2 Å². The fourth-order valence-corrected chi connectivity index (χ4v) is 1.80. The summed E-state index contributed by atoms with van der Waals surface area (Å²) < 4.78 is 5.07. The van der Waals surface area contributed by atoms with Crippen LogP contribution in [0.3, 0.4) is 0 Å². The third kappa shape index (κ3) is 5.29. The van der Waals surface area contributed by atoms with Crippen molar-refractivity contribution in [2.24, 2.45) is 0 Å². The molecular formula is C15H25ClN2O2. The van der Waals surface area contributed by atoms with Crippen LogP contribution in [-0.4, -0.2) is 33.2 Å². The van der Waals surface area contributed by atoms with Crippen molar-refractivity contribution in [3.05, 3.63) is 23.8 Å². The Hall–Kier alpha value is -1.42. The Morgan fingerprint density at radius 2 is 2.00 bits per heavy atom. The molecule has 0 bridgehead atoms. The maximum absolute atomic E-state index is 11.9. The van der Waals surface area contributed by atoms with Gasteiger partial charge < -0.3 is 15.0 Å². The molecule has 0 aliphatic heterocycles. The monoisotopic (exact) mass is 300 g/mol. The number of nitrogens with zero attached hydrogens (tertiary/aromatic N) is 1. The zero-order chi connectivity index (χ0) is 14.3. The molecular weight excluding hydrogens is 276 g/mol. The van der Waals surface area contributed by atoms with Crippen LogP contribution in [0.25, 0.3) is 0 Å². The summed E-state index contributed by atoms with van der Waals surface area (Å²) in [5.74, 6) is -0.272. The van der Waals surface area contributed by atoms with Crippen LogP contribution in [0.2, 0.25) is 0 Å². The Morgan fingerprint density at radius 1 is 1.30 bits per heavy atom. The topological polar surface area (TPSA) is 41.6 Å². The quantitative estimate of drug-likeness (QED) is 0.617. The Balaban J connectivity index is 0.00000361. The standard InChI is InChI=1S/C15H24N2O2.ClH/c1-5-7-10-16-12-8-9-13(15(18)19-6-2)14(11-12)17(3)4;/h8-9,11,16H,5-7,10H2,1-4H3;1H. The maximum atomic E-state index is 11.9. The van der Waals surface area contributed by atoms with E-state index in [9.17, 15) is 4.79 Å². The van der Waals surface area contributed by atoms with Gasteiger partial charge in [0.15, 0.2) is 0 Å². The zero-order valence-corrected chi connectivity index (χ0v) is 13.5. The number of carbonyl (C=O) groups excluding carboxylic acids is 1. The molecule has 0 saturated heterocycles. The number of hydrogen-bond acceptors (Lipinski definition) is 4. The van der Waals surface area contributed by atoms with Gasteiger partial charge in [-0.1, -0.05) is 13.3 Å². The van der Waals surface area contributed by atoms with Gasteiger partial charge in [-0.05, 0) is 31.5 Å². The average molecular weight is 301 g/mol. The normalized spacial score (nSPS) is 9.60. The first-order valence-corrected chi connectivity index (χ1v) is 6.82. The van der Waals surface area contributed by atoms with Crippen molar-refractivity contribution < 1.29 is 9.53 Å². The largest absolute Gasteiger partial charge is 0.462 e. The van der Waals surface area contributed by atoms with E-state index >= 15 is 0 Å². The van der Waals surface area contributed by atoms with Crippen LogP contribution in [0.4, 0.5) is 11.4 Å². The molecule has 4 nitrogen and oxygen atoms in total. The smallest absolute Gasteiger partial charge is 0.340 e. The number of unbranched alkanes of at least 4 members (excludes halogenated alkanes) is 1. The lowest BCUT2D eigenvalue weighted by molar-refractivity contribution is 0.0527. The van der Waals surface area contributed by atoms with Gasteiger partial charge in [0.1, 0.15) is 0 Å². The molecule has 1 N–H and O–H groups in total. The molecule has 0 unspecified atom stereocenters. The molecule has 1 rings (SSSR count). The van der Waals surface area contributed by atoms with Crippen molar-refractivity contribution in [1.29, 1.82) is 0 Å². The lowest BCUT2D eigenvalue weighted by Crippen LogP contribution is -2.16. The molecule has 0 radical (unpaired) electrons. The van der Waals surface area contributed by atoms with Gasteiger partial charge in [0.2, 0.25) is 0 Å². The van der Waals surface area contributed by atoms with E-state index in [-0.39, 0.29) is 18.4 Å². The summed E-state index contributed by atoms with van der Waals surface area (Å²) in [5.41, 5.74) is 2.51. The van der Waals surface area contributed by atoms with Crippen molar-refractivity contribution in [2.75, 3.05) is 37.5 Å². The second kappa shape index (κ2) is 9.48. The Kier molecular flexibility index (Phi) is 8.81. The molecule has 0 heterocycles. The molecule has 114 valence electrons. The van der Waals surface area contributed by atoms with Crippen LogP contribution < -0.4 is 10.2 Å². The maximum Gasteiger partial charge on any atom is 0.340 e. The van der Waals surface area contributed by atoms with Crippen LogP contribution in [0.15, 0.2) is 18.2 Å². The van der Waals surface area contributed by atoms with Gasteiger partial charge in [-0.3, -0.25) is 0 Å². The fraction of sp³-hybridized carbons (Fsp3) is 0.533. The number of benzene rings is 1. The van der Waals surface area contributed by atoms with Crippen LogP contribution in [-0.2, 0) is 4.74 Å². The summed E-state index contributed by atoms with van der Waals surface area (Å²) in [7, 11) is 3.85. The Bertz CT molecular complexity index is 422. The summed E-state index contributed by atoms with van der Waals surface area (Å²) in [6, 6.07) is 5.73. The lowest BCUT2D eigenvalue weighted by atomic mass is 10.1.